The van der Waals surface area contributed by atoms with Crippen LogP contribution in [0.25, 0.3) is 11.1 Å². The van der Waals surface area contributed by atoms with Crippen LogP contribution in [0, 0.1) is 11.6 Å². The lowest BCUT2D eigenvalue weighted by Crippen LogP contribution is -2.38. The molecule has 3 aromatic carbocycles. The molecule has 7 nitrogen and oxygen atoms in total. The number of amides is 2. The van der Waals surface area contributed by atoms with Crippen LogP contribution >= 0.6 is 11.3 Å². The number of rotatable bonds is 7. The van der Waals surface area contributed by atoms with Crippen LogP contribution in [-0.2, 0) is 11.3 Å². The van der Waals surface area contributed by atoms with E-state index in [0.717, 1.165) is 37.6 Å². The standard InChI is InChI=1S/C31H28F2N4O3S.C2H6/c1-40-27-7-6-22(32)16-24(27)28(29(38)36-31-35-12-13-41-31)37-17-25-23(30(37)39)14-21(15-26(25)33)19-4-2-18(3-5-19)20-8-10-34-11-9-20;1-2/h2-7,12-16,20,28,34H,8-11,17H2,1H3,(H,35,36,38);1-2H3. The summed E-state index contributed by atoms with van der Waals surface area (Å²) >= 11 is 1.20. The summed E-state index contributed by atoms with van der Waals surface area (Å²) in [6, 6.07) is 13.6. The highest BCUT2D eigenvalue weighted by Crippen LogP contribution is 2.39. The maximum absolute atomic E-state index is 15.6. The number of anilines is 1. The van der Waals surface area contributed by atoms with Gasteiger partial charge < -0.3 is 15.0 Å². The van der Waals surface area contributed by atoms with Gasteiger partial charge in [0.05, 0.1) is 13.7 Å². The Morgan fingerprint density at radius 2 is 1.81 bits per heavy atom. The molecule has 0 saturated carbocycles. The first kappa shape index (κ1) is 30.3. The van der Waals surface area contributed by atoms with E-state index < -0.39 is 29.5 Å². The highest BCUT2D eigenvalue weighted by atomic mass is 32.1. The van der Waals surface area contributed by atoms with Crippen LogP contribution in [0.15, 0.2) is 66.2 Å². The van der Waals surface area contributed by atoms with E-state index in [1.165, 1.54) is 53.3 Å². The van der Waals surface area contributed by atoms with Gasteiger partial charge in [-0.15, -0.1) is 11.3 Å². The molecule has 0 bridgehead atoms. The highest BCUT2D eigenvalue weighted by molar-refractivity contribution is 7.13. The van der Waals surface area contributed by atoms with Gasteiger partial charge in [-0.05, 0) is 78.9 Å². The molecule has 2 amide bonds. The number of aromatic nitrogens is 1. The minimum absolute atomic E-state index is 0.150. The molecule has 10 heteroatoms. The molecule has 0 aliphatic carbocycles. The van der Waals surface area contributed by atoms with Crippen molar-refractivity contribution in [3.05, 3.63) is 100 Å². The lowest BCUT2D eigenvalue weighted by Gasteiger charge is -2.28. The molecule has 0 spiro atoms. The SMILES string of the molecule is CC.COc1ccc(F)cc1C(C(=O)Nc1nccs1)N1Cc2c(F)cc(-c3ccc(C4CCNCC4)cc3)cc2C1=O. The Hall–Kier alpha value is -4.15. The Labute approximate surface area is 253 Å². The molecule has 2 aliphatic heterocycles. The molecule has 2 aliphatic rings. The van der Waals surface area contributed by atoms with Crippen LogP contribution in [-0.4, -0.2) is 41.9 Å². The molecular weight excluding hydrogens is 570 g/mol. The summed E-state index contributed by atoms with van der Waals surface area (Å²) in [5, 5.41) is 8.09. The molecule has 224 valence electrons. The van der Waals surface area contributed by atoms with Crippen molar-refractivity contribution in [3.8, 4) is 16.9 Å². The van der Waals surface area contributed by atoms with Gasteiger partial charge in [0, 0.05) is 28.3 Å². The number of piperidine rings is 1. The van der Waals surface area contributed by atoms with Crippen LogP contribution in [0.4, 0.5) is 13.9 Å². The first-order valence-corrected chi connectivity index (χ1v) is 15.3. The molecule has 6 rings (SSSR count). The van der Waals surface area contributed by atoms with Gasteiger partial charge in [0.25, 0.3) is 11.8 Å². The summed E-state index contributed by atoms with van der Waals surface area (Å²) in [6.45, 7) is 5.82. The fraction of sp³-hybridized carbons (Fsp3) is 0.303. The van der Waals surface area contributed by atoms with Gasteiger partial charge in [0.2, 0.25) is 0 Å². The van der Waals surface area contributed by atoms with Crippen LogP contribution < -0.4 is 15.4 Å². The van der Waals surface area contributed by atoms with Gasteiger partial charge >= 0.3 is 0 Å². The number of hydrogen-bond donors (Lipinski definition) is 2. The van der Waals surface area contributed by atoms with Crippen LogP contribution in [0.2, 0.25) is 0 Å². The zero-order chi connectivity index (χ0) is 30.5. The van der Waals surface area contributed by atoms with Gasteiger partial charge in [-0.2, -0.15) is 0 Å². The molecule has 4 aromatic rings. The number of benzene rings is 3. The zero-order valence-electron chi connectivity index (χ0n) is 24.3. The average Bonchev–Trinajstić information content (AvgIpc) is 3.67. The van der Waals surface area contributed by atoms with Crippen LogP contribution in [0.1, 0.15) is 65.7 Å². The monoisotopic (exact) mass is 604 g/mol. The van der Waals surface area contributed by atoms with Crippen LogP contribution in [0.5, 0.6) is 5.75 Å². The third kappa shape index (κ3) is 6.30. The van der Waals surface area contributed by atoms with E-state index in [4.69, 9.17) is 4.74 Å². The summed E-state index contributed by atoms with van der Waals surface area (Å²) in [7, 11) is 1.40. The number of halogens is 2. The second-order valence-corrected chi connectivity index (χ2v) is 11.1. The first-order valence-electron chi connectivity index (χ1n) is 14.4. The number of methoxy groups -OCH3 is 1. The Balaban J connectivity index is 0.00000180. The fourth-order valence-corrected chi connectivity index (χ4v) is 6.22. The van der Waals surface area contributed by atoms with Crippen molar-refractivity contribution >= 4 is 28.3 Å². The second kappa shape index (κ2) is 13.4. The van der Waals surface area contributed by atoms with E-state index in [1.807, 2.05) is 26.0 Å². The Kier molecular flexibility index (Phi) is 9.47. The largest absolute Gasteiger partial charge is 0.496 e. The Morgan fingerprint density at radius 1 is 1.07 bits per heavy atom. The van der Waals surface area contributed by atoms with E-state index in [1.54, 1.807) is 11.4 Å². The highest BCUT2D eigenvalue weighted by Gasteiger charge is 2.40. The minimum atomic E-state index is -1.29. The maximum atomic E-state index is 15.6. The smallest absolute Gasteiger partial charge is 0.255 e. The van der Waals surface area contributed by atoms with Gasteiger partial charge in [0.1, 0.15) is 23.4 Å². The average molecular weight is 605 g/mol. The van der Waals surface area contributed by atoms with Crippen molar-refractivity contribution < 1.29 is 23.1 Å². The van der Waals surface area contributed by atoms with E-state index >= 15 is 4.39 Å². The molecule has 3 heterocycles. The maximum Gasteiger partial charge on any atom is 0.255 e. The van der Waals surface area contributed by atoms with Crippen molar-refractivity contribution in [2.45, 2.75) is 45.2 Å². The van der Waals surface area contributed by atoms with Gasteiger partial charge in [-0.25, -0.2) is 13.8 Å². The van der Waals surface area contributed by atoms with E-state index in [9.17, 15) is 14.0 Å². The third-order valence-electron chi connectivity index (χ3n) is 7.78. The lowest BCUT2D eigenvalue weighted by atomic mass is 9.89. The zero-order valence-corrected chi connectivity index (χ0v) is 25.1. The summed E-state index contributed by atoms with van der Waals surface area (Å²) < 4.78 is 35.4. The summed E-state index contributed by atoms with van der Waals surface area (Å²) in [5.41, 5.74) is 3.12. The van der Waals surface area contributed by atoms with Gasteiger partial charge in [0.15, 0.2) is 5.13 Å². The summed E-state index contributed by atoms with van der Waals surface area (Å²) in [4.78, 5) is 32.8. The number of fused-ring (bicyclic) bond motifs is 1. The Morgan fingerprint density at radius 3 is 2.49 bits per heavy atom. The van der Waals surface area contributed by atoms with Gasteiger partial charge in [-0.1, -0.05) is 38.1 Å². The summed E-state index contributed by atoms with van der Waals surface area (Å²) in [5.74, 6) is -1.56. The van der Waals surface area contributed by atoms with E-state index in [-0.39, 0.29) is 29.0 Å². The molecular formula is C33H34F2N4O3S. The summed E-state index contributed by atoms with van der Waals surface area (Å²) in [6.07, 6.45) is 3.68. The number of hydrogen-bond acceptors (Lipinski definition) is 6. The fourth-order valence-electron chi connectivity index (χ4n) is 5.69. The number of ether oxygens (including phenoxy) is 1. The minimum Gasteiger partial charge on any atom is -0.496 e. The van der Waals surface area contributed by atoms with E-state index in [2.05, 4.69) is 27.8 Å². The quantitative estimate of drug-likeness (QED) is 0.239. The normalized spacial score (nSPS) is 15.4. The van der Waals surface area contributed by atoms with E-state index in [0.29, 0.717) is 16.6 Å². The third-order valence-corrected chi connectivity index (χ3v) is 8.47. The van der Waals surface area contributed by atoms with Crippen molar-refractivity contribution in [1.82, 2.24) is 15.2 Å². The molecule has 1 saturated heterocycles. The van der Waals surface area contributed by atoms with Crippen molar-refractivity contribution in [2.75, 3.05) is 25.5 Å². The number of carbonyl (C=O) groups excluding carboxylic acids is 2. The van der Waals surface area contributed by atoms with Crippen molar-refractivity contribution in [1.29, 1.82) is 0 Å². The molecule has 1 fully saturated rings. The molecule has 43 heavy (non-hydrogen) atoms. The molecule has 0 radical (unpaired) electrons. The van der Waals surface area contributed by atoms with Crippen molar-refractivity contribution in [2.24, 2.45) is 0 Å². The topological polar surface area (TPSA) is 83.6 Å². The number of nitrogens with one attached hydrogen (secondary N) is 2. The van der Waals surface area contributed by atoms with Crippen molar-refractivity contribution in [3.63, 3.8) is 0 Å². The molecule has 1 aromatic heterocycles. The number of carbonyl (C=O) groups is 2. The number of nitrogens with zero attached hydrogens (tertiary/aromatic N) is 2. The molecule has 1 atom stereocenters. The number of thiazole rings is 1. The first-order chi connectivity index (χ1) is 20.9. The molecule has 2 N–H and O–H groups in total. The molecule has 1 unspecified atom stereocenters. The predicted octanol–water partition coefficient (Wildman–Crippen LogP) is 6.93. The van der Waals surface area contributed by atoms with Gasteiger partial charge in [-0.3, -0.25) is 14.9 Å². The van der Waals surface area contributed by atoms with Crippen LogP contribution in [0.3, 0.4) is 0 Å². The second-order valence-electron chi connectivity index (χ2n) is 10.2. The predicted molar refractivity (Wildman–Crippen MR) is 164 cm³/mol. The lowest BCUT2D eigenvalue weighted by molar-refractivity contribution is -0.120. The Bertz CT molecular complexity index is 1590.